The first-order valence-electron chi connectivity index (χ1n) is 4.52. The van der Waals surface area contributed by atoms with E-state index in [2.05, 4.69) is 18.0 Å². The van der Waals surface area contributed by atoms with Crippen molar-refractivity contribution in [2.24, 2.45) is 4.99 Å². The Morgan fingerprint density at radius 1 is 1.42 bits per heavy atom. The monoisotopic (exact) mass is 187 g/mol. The van der Waals surface area contributed by atoms with Gasteiger partial charge < -0.3 is 0 Å². The zero-order valence-corrected chi connectivity index (χ0v) is 8.77. The summed E-state index contributed by atoms with van der Waals surface area (Å²) >= 11 is 5.70. The third-order valence-corrected chi connectivity index (χ3v) is 1.97. The molecule has 0 aliphatic rings. The summed E-state index contributed by atoms with van der Waals surface area (Å²) in [6.45, 7) is 2.21. The molecule has 0 radical (unpaired) electrons. The topological polar surface area (TPSA) is 12.4 Å². The summed E-state index contributed by atoms with van der Waals surface area (Å²) in [5.41, 5.74) is 1.13. The molecule has 0 unspecified atom stereocenters. The van der Waals surface area contributed by atoms with Gasteiger partial charge in [-0.05, 0) is 18.4 Å². The standard InChI is InChI=1S/C10H18ClN/c1-3-4-5-6-7-10(8-11)9-12-2/h7,9H,3-6,8H2,1-2H3/b10-7+,12-9+. The van der Waals surface area contributed by atoms with E-state index in [1.54, 1.807) is 7.05 Å². The molecule has 0 rings (SSSR count). The Kier molecular flexibility index (Phi) is 8.57. The molecule has 0 bridgehead atoms. The minimum Gasteiger partial charge on any atom is -0.296 e. The van der Waals surface area contributed by atoms with Crippen LogP contribution in [0.2, 0.25) is 0 Å². The summed E-state index contributed by atoms with van der Waals surface area (Å²) in [5, 5.41) is 0. The molecular weight excluding hydrogens is 170 g/mol. The van der Waals surface area contributed by atoms with E-state index >= 15 is 0 Å². The lowest BCUT2D eigenvalue weighted by Crippen LogP contribution is -1.86. The van der Waals surface area contributed by atoms with Crippen LogP contribution in [-0.2, 0) is 0 Å². The number of aliphatic imine (C=N–C) groups is 1. The number of rotatable bonds is 6. The zero-order chi connectivity index (χ0) is 9.23. The lowest BCUT2D eigenvalue weighted by molar-refractivity contribution is 0.728. The van der Waals surface area contributed by atoms with E-state index in [0.717, 1.165) is 12.0 Å². The van der Waals surface area contributed by atoms with Gasteiger partial charge in [-0.15, -0.1) is 11.6 Å². The molecule has 0 N–H and O–H groups in total. The van der Waals surface area contributed by atoms with E-state index in [0.29, 0.717) is 5.88 Å². The largest absolute Gasteiger partial charge is 0.296 e. The smallest absolute Gasteiger partial charge is 0.0485 e. The van der Waals surface area contributed by atoms with Crippen molar-refractivity contribution in [3.05, 3.63) is 11.6 Å². The highest BCUT2D eigenvalue weighted by molar-refractivity contribution is 6.21. The van der Waals surface area contributed by atoms with E-state index < -0.39 is 0 Å². The third kappa shape index (κ3) is 6.41. The molecule has 70 valence electrons. The van der Waals surface area contributed by atoms with Crippen LogP contribution in [0.15, 0.2) is 16.6 Å². The fraction of sp³-hybridized carbons (Fsp3) is 0.700. The van der Waals surface area contributed by atoms with Gasteiger partial charge in [0.15, 0.2) is 0 Å². The molecule has 1 nitrogen and oxygen atoms in total. The highest BCUT2D eigenvalue weighted by Crippen LogP contribution is 2.03. The average molecular weight is 188 g/mol. The molecule has 0 saturated heterocycles. The Labute approximate surface area is 80.5 Å². The molecule has 0 heterocycles. The van der Waals surface area contributed by atoms with Crippen molar-refractivity contribution in [2.45, 2.75) is 32.6 Å². The molecule has 0 aromatic rings. The van der Waals surface area contributed by atoms with Crippen LogP contribution < -0.4 is 0 Å². The second kappa shape index (κ2) is 8.79. The van der Waals surface area contributed by atoms with Crippen LogP contribution >= 0.6 is 11.6 Å². The van der Waals surface area contributed by atoms with E-state index in [1.807, 2.05) is 6.21 Å². The van der Waals surface area contributed by atoms with Crippen molar-refractivity contribution in [3.8, 4) is 0 Å². The SMILES string of the molecule is CCCCC/C=C(/C=N/C)CCl. The number of hydrogen-bond acceptors (Lipinski definition) is 1. The molecule has 0 aliphatic heterocycles. The van der Waals surface area contributed by atoms with E-state index in [9.17, 15) is 0 Å². The van der Waals surface area contributed by atoms with Crippen molar-refractivity contribution < 1.29 is 0 Å². The Morgan fingerprint density at radius 3 is 2.67 bits per heavy atom. The molecule has 0 fully saturated rings. The summed E-state index contributed by atoms with van der Waals surface area (Å²) in [7, 11) is 1.77. The van der Waals surface area contributed by atoms with Crippen molar-refractivity contribution >= 4 is 17.8 Å². The third-order valence-electron chi connectivity index (χ3n) is 1.66. The van der Waals surface area contributed by atoms with Crippen LogP contribution in [0.3, 0.4) is 0 Å². The maximum atomic E-state index is 5.70. The van der Waals surface area contributed by atoms with Gasteiger partial charge in [-0.2, -0.15) is 0 Å². The van der Waals surface area contributed by atoms with Gasteiger partial charge in [-0.3, -0.25) is 4.99 Å². The number of nitrogens with zero attached hydrogens (tertiary/aromatic N) is 1. The molecule has 12 heavy (non-hydrogen) atoms. The van der Waals surface area contributed by atoms with E-state index in [1.165, 1.54) is 19.3 Å². The van der Waals surface area contributed by atoms with Crippen LogP contribution in [0.4, 0.5) is 0 Å². The van der Waals surface area contributed by atoms with Crippen molar-refractivity contribution in [3.63, 3.8) is 0 Å². The predicted molar refractivity (Wildman–Crippen MR) is 57.4 cm³/mol. The summed E-state index contributed by atoms with van der Waals surface area (Å²) in [6, 6.07) is 0. The van der Waals surface area contributed by atoms with Gasteiger partial charge in [-0.1, -0.05) is 25.8 Å². The molecule has 0 atom stereocenters. The summed E-state index contributed by atoms with van der Waals surface area (Å²) in [6.07, 6.45) is 8.96. The Hall–Kier alpha value is -0.300. The number of hydrogen-bond donors (Lipinski definition) is 0. The molecule has 0 saturated carbocycles. The van der Waals surface area contributed by atoms with Crippen molar-refractivity contribution in [2.75, 3.05) is 12.9 Å². The minimum absolute atomic E-state index is 0.573. The van der Waals surface area contributed by atoms with Gasteiger partial charge in [0.2, 0.25) is 0 Å². The second-order valence-corrected chi connectivity index (χ2v) is 3.06. The fourth-order valence-corrected chi connectivity index (χ4v) is 1.17. The Balaban J connectivity index is 3.62. The van der Waals surface area contributed by atoms with Crippen LogP contribution in [0.5, 0.6) is 0 Å². The van der Waals surface area contributed by atoms with Gasteiger partial charge in [0.25, 0.3) is 0 Å². The first-order chi connectivity index (χ1) is 5.85. The molecule has 0 aromatic carbocycles. The molecule has 0 amide bonds. The van der Waals surface area contributed by atoms with Gasteiger partial charge in [0.1, 0.15) is 0 Å². The zero-order valence-electron chi connectivity index (χ0n) is 8.02. The highest BCUT2D eigenvalue weighted by atomic mass is 35.5. The Morgan fingerprint density at radius 2 is 2.17 bits per heavy atom. The Bertz CT molecular complexity index is 150. The normalized spacial score (nSPS) is 12.8. The second-order valence-electron chi connectivity index (χ2n) is 2.80. The lowest BCUT2D eigenvalue weighted by atomic mass is 10.1. The van der Waals surface area contributed by atoms with Gasteiger partial charge in [0, 0.05) is 19.1 Å². The van der Waals surface area contributed by atoms with Crippen LogP contribution in [0.1, 0.15) is 32.6 Å². The quantitative estimate of drug-likeness (QED) is 0.343. The molecule has 0 spiro atoms. The maximum absolute atomic E-state index is 5.70. The van der Waals surface area contributed by atoms with E-state index in [-0.39, 0.29) is 0 Å². The van der Waals surface area contributed by atoms with Crippen LogP contribution in [0.25, 0.3) is 0 Å². The molecular formula is C10H18ClN. The summed E-state index contributed by atoms with van der Waals surface area (Å²) < 4.78 is 0. The minimum atomic E-state index is 0.573. The summed E-state index contributed by atoms with van der Waals surface area (Å²) in [4.78, 5) is 3.93. The maximum Gasteiger partial charge on any atom is 0.0485 e. The summed E-state index contributed by atoms with van der Waals surface area (Å²) in [5.74, 6) is 0.573. The predicted octanol–water partition coefficient (Wildman–Crippen LogP) is 3.43. The number of alkyl halides is 1. The van der Waals surface area contributed by atoms with Crippen LogP contribution in [0, 0.1) is 0 Å². The number of allylic oxidation sites excluding steroid dienone is 2. The highest BCUT2D eigenvalue weighted by Gasteiger charge is 1.89. The molecule has 2 heteroatoms. The van der Waals surface area contributed by atoms with E-state index in [4.69, 9.17) is 11.6 Å². The first-order valence-corrected chi connectivity index (χ1v) is 5.05. The van der Waals surface area contributed by atoms with Gasteiger partial charge >= 0.3 is 0 Å². The first kappa shape index (κ1) is 11.7. The number of halogens is 1. The molecule has 0 aromatic heterocycles. The van der Waals surface area contributed by atoms with Crippen molar-refractivity contribution in [1.29, 1.82) is 0 Å². The average Bonchev–Trinajstić information content (AvgIpc) is 2.10. The number of unbranched alkanes of at least 4 members (excludes halogenated alkanes) is 3. The van der Waals surface area contributed by atoms with Gasteiger partial charge in [0.05, 0.1) is 0 Å². The van der Waals surface area contributed by atoms with Crippen molar-refractivity contribution in [1.82, 2.24) is 0 Å². The van der Waals surface area contributed by atoms with Gasteiger partial charge in [-0.25, -0.2) is 0 Å². The van der Waals surface area contributed by atoms with Crippen LogP contribution in [-0.4, -0.2) is 19.1 Å². The fourth-order valence-electron chi connectivity index (χ4n) is 0.989. The lowest BCUT2D eigenvalue weighted by Gasteiger charge is -1.95. The molecule has 0 aliphatic carbocycles.